The van der Waals surface area contributed by atoms with Gasteiger partial charge in [-0.2, -0.15) is 0 Å². The second-order valence-electron chi connectivity index (χ2n) is 6.80. The van der Waals surface area contributed by atoms with Gasteiger partial charge < -0.3 is 15.4 Å². The second kappa shape index (κ2) is 8.64. The molecule has 8 heteroatoms. The molecule has 1 heterocycles. The van der Waals surface area contributed by atoms with Crippen LogP contribution in [0.25, 0.3) is 11.4 Å². The number of benzene rings is 2. The Kier molecular flexibility index (Phi) is 6.01. The van der Waals surface area contributed by atoms with Gasteiger partial charge in [0.1, 0.15) is 5.75 Å². The van der Waals surface area contributed by atoms with Gasteiger partial charge in [0, 0.05) is 24.8 Å². The molecule has 0 atom stereocenters. The Morgan fingerprint density at radius 1 is 1.10 bits per heavy atom. The number of carbonyl (C=O) groups is 1. The Morgan fingerprint density at radius 3 is 2.48 bits per heavy atom. The minimum atomic E-state index is -0.326. The monoisotopic (exact) mass is 395 g/mol. The third kappa shape index (κ3) is 4.66. The predicted octanol–water partition coefficient (Wildman–Crippen LogP) is 2.70. The third-order valence-corrected chi connectivity index (χ3v) is 4.76. The highest BCUT2D eigenvalue weighted by Gasteiger charge is 2.12. The lowest BCUT2D eigenvalue weighted by molar-refractivity contribution is 0.251. The lowest BCUT2D eigenvalue weighted by Gasteiger charge is -2.09. The van der Waals surface area contributed by atoms with Crippen molar-refractivity contribution in [2.75, 3.05) is 19.0 Å². The molecule has 0 aliphatic carbocycles. The fourth-order valence-corrected chi connectivity index (χ4v) is 2.89. The molecule has 0 saturated carbocycles. The van der Waals surface area contributed by atoms with Crippen molar-refractivity contribution in [3.8, 4) is 17.1 Å². The number of aromatic nitrogens is 3. The Morgan fingerprint density at radius 2 is 1.83 bits per heavy atom. The highest BCUT2D eigenvalue weighted by molar-refractivity contribution is 5.89. The molecular formula is C21H25N5O3. The maximum Gasteiger partial charge on any atom is 0.345 e. The van der Waals surface area contributed by atoms with Gasteiger partial charge in [-0.15, -0.1) is 5.10 Å². The number of hydrogen-bond donors (Lipinski definition) is 2. The summed E-state index contributed by atoms with van der Waals surface area (Å²) in [6.45, 7) is 4.55. The number of nitrogens with zero attached hydrogens (tertiary/aromatic N) is 3. The van der Waals surface area contributed by atoms with Crippen LogP contribution >= 0.6 is 0 Å². The van der Waals surface area contributed by atoms with E-state index in [2.05, 4.69) is 15.7 Å². The van der Waals surface area contributed by atoms with Gasteiger partial charge >= 0.3 is 11.7 Å². The van der Waals surface area contributed by atoms with E-state index in [1.807, 2.05) is 56.3 Å². The van der Waals surface area contributed by atoms with E-state index in [1.54, 1.807) is 14.2 Å². The normalized spacial score (nSPS) is 10.6. The summed E-state index contributed by atoms with van der Waals surface area (Å²) in [6.07, 6.45) is 0. The van der Waals surface area contributed by atoms with Crippen LogP contribution < -0.4 is 21.1 Å². The van der Waals surface area contributed by atoms with Crippen molar-refractivity contribution in [3.63, 3.8) is 0 Å². The molecule has 29 heavy (non-hydrogen) atoms. The molecular weight excluding hydrogens is 370 g/mol. The molecule has 2 N–H and O–H groups in total. The molecule has 0 aliphatic rings. The first-order valence-electron chi connectivity index (χ1n) is 9.29. The number of ether oxygens (including phenoxy) is 1. The Hall–Kier alpha value is -3.55. The summed E-state index contributed by atoms with van der Waals surface area (Å²) >= 11 is 0. The molecule has 3 rings (SSSR count). The third-order valence-electron chi connectivity index (χ3n) is 4.76. The van der Waals surface area contributed by atoms with E-state index >= 15 is 0 Å². The van der Waals surface area contributed by atoms with E-state index in [1.165, 1.54) is 9.25 Å². The van der Waals surface area contributed by atoms with E-state index in [-0.39, 0.29) is 24.8 Å². The van der Waals surface area contributed by atoms with Crippen LogP contribution in [0.4, 0.5) is 10.5 Å². The topological polar surface area (TPSA) is 90.2 Å². The zero-order valence-corrected chi connectivity index (χ0v) is 17.0. The maximum absolute atomic E-state index is 12.4. The first-order valence-corrected chi connectivity index (χ1v) is 9.29. The van der Waals surface area contributed by atoms with Crippen LogP contribution in [0, 0.1) is 13.8 Å². The van der Waals surface area contributed by atoms with Crippen LogP contribution in [-0.4, -0.2) is 34.0 Å². The van der Waals surface area contributed by atoms with E-state index < -0.39 is 0 Å². The van der Waals surface area contributed by atoms with Gasteiger partial charge in [0.2, 0.25) is 0 Å². The van der Waals surface area contributed by atoms with Crippen molar-refractivity contribution in [1.29, 1.82) is 0 Å². The minimum Gasteiger partial charge on any atom is -0.497 e. The van der Waals surface area contributed by atoms with Crippen molar-refractivity contribution < 1.29 is 9.53 Å². The Balaban J connectivity index is 1.61. The Labute approximate surface area is 169 Å². The first kappa shape index (κ1) is 20.2. The molecule has 0 radical (unpaired) electrons. The smallest absolute Gasteiger partial charge is 0.345 e. The molecule has 0 fully saturated rings. The number of anilines is 1. The zero-order valence-electron chi connectivity index (χ0n) is 17.0. The number of rotatable bonds is 6. The van der Waals surface area contributed by atoms with E-state index in [4.69, 9.17) is 4.74 Å². The fraction of sp³-hybridized carbons (Fsp3) is 0.286. The fourth-order valence-electron chi connectivity index (χ4n) is 2.89. The first-order chi connectivity index (χ1) is 13.9. The Bertz CT molecular complexity index is 1070. The number of amides is 2. The van der Waals surface area contributed by atoms with Gasteiger partial charge in [-0.25, -0.2) is 14.3 Å². The summed E-state index contributed by atoms with van der Waals surface area (Å²) in [5, 5.41) is 9.93. The number of carbonyl (C=O) groups excluding carboxylic acids is 1. The van der Waals surface area contributed by atoms with Crippen molar-refractivity contribution in [3.05, 3.63) is 64.1 Å². The largest absolute Gasteiger partial charge is 0.497 e. The number of nitrogens with one attached hydrogen (secondary N) is 2. The van der Waals surface area contributed by atoms with Gasteiger partial charge in [-0.05, 0) is 61.4 Å². The van der Waals surface area contributed by atoms with Crippen LogP contribution in [0.2, 0.25) is 0 Å². The van der Waals surface area contributed by atoms with Crippen LogP contribution in [-0.2, 0) is 13.6 Å². The summed E-state index contributed by atoms with van der Waals surface area (Å²) < 4.78 is 7.98. The lowest BCUT2D eigenvalue weighted by Crippen LogP contribution is -2.34. The van der Waals surface area contributed by atoms with Crippen LogP contribution in [0.15, 0.2) is 47.3 Å². The quantitative estimate of drug-likeness (QED) is 0.671. The van der Waals surface area contributed by atoms with Crippen molar-refractivity contribution in [1.82, 2.24) is 19.7 Å². The van der Waals surface area contributed by atoms with Crippen molar-refractivity contribution in [2.45, 2.75) is 20.4 Å². The zero-order chi connectivity index (χ0) is 21.0. The van der Waals surface area contributed by atoms with Gasteiger partial charge in [-0.3, -0.25) is 4.57 Å². The van der Waals surface area contributed by atoms with Crippen molar-refractivity contribution >= 4 is 11.7 Å². The van der Waals surface area contributed by atoms with Gasteiger partial charge in [0.15, 0.2) is 5.82 Å². The summed E-state index contributed by atoms with van der Waals surface area (Å²) in [4.78, 5) is 24.5. The average Bonchev–Trinajstić information content (AvgIpc) is 2.99. The summed E-state index contributed by atoms with van der Waals surface area (Å²) in [5.74, 6) is 1.29. The standard InChI is InChI=1S/C21H25N5O3/c1-14-5-8-17(13-15(14)2)23-20(27)22-11-12-26-21(28)25(3)19(24-26)16-6-9-18(29-4)10-7-16/h5-10,13H,11-12H2,1-4H3,(H2,22,23,27). The average molecular weight is 395 g/mol. The number of aryl methyl sites for hydroxylation is 2. The molecule has 152 valence electrons. The molecule has 0 unspecified atom stereocenters. The molecule has 0 saturated heterocycles. The van der Waals surface area contributed by atoms with Crippen LogP contribution in [0.3, 0.4) is 0 Å². The predicted molar refractivity (Wildman–Crippen MR) is 112 cm³/mol. The molecule has 0 spiro atoms. The van der Waals surface area contributed by atoms with Gasteiger partial charge in [-0.1, -0.05) is 6.07 Å². The molecule has 1 aromatic heterocycles. The summed E-state index contributed by atoms with van der Waals surface area (Å²) in [7, 11) is 3.27. The van der Waals surface area contributed by atoms with Crippen LogP contribution in [0.5, 0.6) is 5.75 Å². The molecule has 0 bridgehead atoms. The number of methoxy groups -OCH3 is 1. The SMILES string of the molecule is COc1ccc(-c2nn(CCNC(=O)Nc3ccc(C)c(C)c3)c(=O)n2C)cc1. The lowest BCUT2D eigenvalue weighted by atomic mass is 10.1. The molecule has 2 amide bonds. The molecule has 3 aromatic rings. The summed E-state index contributed by atoms with van der Waals surface area (Å²) in [6, 6.07) is 12.7. The van der Waals surface area contributed by atoms with E-state index in [0.717, 1.165) is 28.1 Å². The minimum absolute atomic E-state index is 0.243. The number of urea groups is 1. The van der Waals surface area contributed by atoms with Gasteiger partial charge in [0.05, 0.1) is 13.7 Å². The second-order valence-corrected chi connectivity index (χ2v) is 6.80. The highest BCUT2D eigenvalue weighted by Crippen LogP contribution is 2.19. The van der Waals surface area contributed by atoms with Gasteiger partial charge in [0.25, 0.3) is 0 Å². The van der Waals surface area contributed by atoms with E-state index in [9.17, 15) is 9.59 Å². The molecule has 2 aromatic carbocycles. The van der Waals surface area contributed by atoms with Crippen LogP contribution in [0.1, 0.15) is 11.1 Å². The van der Waals surface area contributed by atoms with E-state index in [0.29, 0.717) is 5.82 Å². The highest BCUT2D eigenvalue weighted by atomic mass is 16.5. The summed E-state index contributed by atoms with van der Waals surface area (Å²) in [5.41, 5.74) is 3.56. The molecule has 0 aliphatic heterocycles. The number of hydrogen-bond acceptors (Lipinski definition) is 4. The van der Waals surface area contributed by atoms with Crippen molar-refractivity contribution in [2.24, 2.45) is 7.05 Å². The molecule has 8 nitrogen and oxygen atoms in total. The maximum atomic E-state index is 12.4.